The maximum absolute atomic E-state index is 5.93. The van der Waals surface area contributed by atoms with E-state index < -0.39 is 0 Å². The van der Waals surface area contributed by atoms with Crippen molar-refractivity contribution in [2.45, 2.75) is 33.0 Å². The fourth-order valence-electron chi connectivity index (χ4n) is 2.50. The van der Waals surface area contributed by atoms with Crippen LogP contribution in [0.3, 0.4) is 0 Å². The number of anilines is 1. The number of nitrogens with two attached hydrogens (primary N) is 1. The Morgan fingerprint density at radius 2 is 2.06 bits per heavy atom. The highest BCUT2D eigenvalue weighted by Crippen LogP contribution is 2.33. The van der Waals surface area contributed by atoms with Crippen molar-refractivity contribution in [1.82, 2.24) is 10.2 Å². The molecule has 2 heterocycles. The highest BCUT2D eigenvalue weighted by Gasteiger charge is 2.18. The molecule has 0 radical (unpaired) electrons. The van der Waals surface area contributed by atoms with Gasteiger partial charge in [-0.2, -0.15) is 5.10 Å². The summed E-state index contributed by atoms with van der Waals surface area (Å²) in [6, 6.07) is 6.40. The first kappa shape index (κ1) is 11.3. The molecule has 18 heavy (non-hydrogen) atoms. The van der Waals surface area contributed by atoms with Crippen LogP contribution in [0.15, 0.2) is 18.2 Å². The normalized spacial score (nSPS) is 14.2. The first-order valence-electron chi connectivity index (χ1n) is 6.20. The average Bonchev–Trinajstić information content (AvgIpc) is 2.93. The molecule has 0 unspecified atom stereocenters. The maximum Gasteiger partial charge on any atom is 0.149 e. The van der Waals surface area contributed by atoms with Crippen molar-refractivity contribution in [3.8, 4) is 11.3 Å². The van der Waals surface area contributed by atoms with Crippen molar-refractivity contribution in [2.75, 3.05) is 5.73 Å². The van der Waals surface area contributed by atoms with E-state index in [1.165, 1.54) is 11.1 Å². The van der Waals surface area contributed by atoms with Gasteiger partial charge in [0.25, 0.3) is 0 Å². The zero-order chi connectivity index (χ0) is 12.7. The van der Waals surface area contributed by atoms with Gasteiger partial charge in [0, 0.05) is 11.1 Å². The van der Waals surface area contributed by atoms with Crippen LogP contribution < -0.4 is 5.73 Å². The van der Waals surface area contributed by atoms with Gasteiger partial charge < -0.3 is 10.5 Å². The van der Waals surface area contributed by atoms with Gasteiger partial charge in [-0.05, 0) is 23.1 Å². The molecule has 4 heteroatoms. The Balaban J connectivity index is 2.10. The average molecular weight is 243 g/mol. The summed E-state index contributed by atoms with van der Waals surface area (Å²) in [7, 11) is 0. The van der Waals surface area contributed by atoms with E-state index in [9.17, 15) is 0 Å². The van der Waals surface area contributed by atoms with Crippen LogP contribution in [-0.4, -0.2) is 10.2 Å². The number of nitrogen functional groups attached to an aromatic ring is 1. The summed E-state index contributed by atoms with van der Waals surface area (Å²) in [6.45, 7) is 5.67. The van der Waals surface area contributed by atoms with Crippen LogP contribution in [0, 0.1) is 0 Å². The Hall–Kier alpha value is -1.81. The Labute approximate surface area is 106 Å². The molecule has 2 aromatic rings. The first-order valence-corrected chi connectivity index (χ1v) is 6.20. The Bertz CT molecular complexity index is 587. The number of aromatic nitrogens is 2. The van der Waals surface area contributed by atoms with Gasteiger partial charge in [0.1, 0.15) is 5.82 Å². The van der Waals surface area contributed by atoms with Crippen LogP contribution in [0.1, 0.15) is 36.5 Å². The smallest absolute Gasteiger partial charge is 0.149 e. The molecular weight excluding hydrogens is 226 g/mol. The van der Waals surface area contributed by atoms with Gasteiger partial charge in [0.2, 0.25) is 0 Å². The Morgan fingerprint density at radius 3 is 2.83 bits per heavy atom. The van der Waals surface area contributed by atoms with Crippen LogP contribution in [0.4, 0.5) is 5.82 Å². The lowest BCUT2D eigenvalue weighted by Crippen LogP contribution is -1.95. The largest absolute Gasteiger partial charge is 0.382 e. The van der Waals surface area contributed by atoms with Gasteiger partial charge in [0.05, 0.1) is 18.9 Å². The predicted molar refractivity (Wildman–Crippen MR) is 71.0 cm³/mol. The number of nitrogens with zero attached hydrogens (tertiary/aromatic N) is 1. The molecule has 0 bridgehead atoms. The summed E-state index contributed by atoms with van der Waals surface area (Å²) in [6.07, 6.45) is 0. The van der Waals surface area contributed by atoms with Gasteiger partial charge in [0.15, 0.2) is 0 Å². The minimum absolute atomic E-state index is 0.350. The lowest BCUT2D eigenvalue weighted by molar-refractivity contribution is 0.134. The molecule has 0 amide bonds. The van der Waals surface area contributed by atoms with E-state index in [-0.39, 0.29) is 0 Å². The van der Waals surface area contributed by atoms with Crippen molar-refractivity contribution < 1.29 is 4.74 Å². The number of rotatable bonds is 2. The van der Waals surface area contributed by atoms with Gasteiger partial charge in [-0.25, -0.2) is 0 Å². The van der Waals surface area contributed by atoms with Crippen molar-refractivity contribution in [3.05, 3.63) is 34.9 Å². The van der Waals surface area contributed by atoms with Crippen LogP contribution in [-0.2, 0) is 18.0 Å². The van der Waals surface area contributed by atoms with Crippen molar-refractivity contribution in [2.24, 2.45) is 0 Å². The number of aromatic amines is 1. The van der Waals surface area contributed by atoms with Crippen LogP contribution in [0.2, 0.25) is 0 Å². The summed E-state index contributed by atoms with van der Waals surface area (Å²) < 4.78 is 5.44. The van der Waals surface area contributed by atoms with E-state index >= 15 is 0 Å². The van der Waals surface area contributed by atoms with Gasteiger partial charge in [-0.15, -0.1) is 0 Å². The SMILES string of the molecule is CC(C)c1c(N)n[nH]c1-c1ccc2c(c1)COC2. The molecule has 0 aliphatic carbocycles. The fourth-order valence-corrected chi connectivity index (χ4v) is 2.50. The Morgan fingerprint density at radius 1 is 1.28 bits per heavy atom. The second-order valence-electron chi connectivity index (χ2n) is 5.03. The number of benzene rings is 1. The van der Waals surface area contributed by atoms with Gasteiger partial charge >= 0.3 is 0 Å². The number of H-pyrrole nitrogens is 1. The molecule has 0 saturated carbocycles. The molecule has 1 aromatic carbocycles. The topological polar surface area (TPSA) is 63.9 Å². The summed E-state index contributed by atoms with van der Waals surface area (Å²) >= 11 is 0. The third kappa shape index (κ3) is 1.69. The van der Waals surface area contributed by atoms with Crippen molar-refractivity contribution in [3.63, 3.8) is 0 Å². The molecule has 94 valence electrons. The second kappa shape index (κ2) is 4.14. The maximum atomic E-state index is 5.93. The van der Waals surface area contributed by atoms with Crippen molar-refractivity contribution in [1.29, 1.82) is 0 Å². The number of ether oxygens (including phenoxy) is 1. The molecule has 3 rings (SSSR count). The minimum Gasteiger partial charge on any atom is -0.382 e. The number of fused-ring (bicyclic) bond motifs is 1. The third-order valence-corrected chi connectivity index (χ3v) is 3.42. The van der Waals surface area contributed by atoms with Crippen LogP contribution in [0.25, 0.3) is 11.3 Å². The van der Waals surface area contributed by atoms with E-state index in [0.29, 0.717) is 18.3 Å². The molecule has 0 saturated heterocycles. The lowest BCUT2D eigenvalue weighted by Gasteiger charge is -2.08. The predicted octanol–water partition coefficient (Wildman–Crippen LogP) is 2.81. The molecule has 1 aromatic heterocycles. The molecule has 3 N–H and O–H groups in total. The molecule has 0 spiro atoms. The van der Waals surface area contributed by atoms with Gasteiger partial charge in [-0.1, -0.05) is 26.0 Å². The van der Waals surface area contributed by atoms with Crippen LogP contribution in [0.5, 0.6) is 0 Å². The van der Waals surface area contributed by atoms with E-state index in [1.807, 2.05) is 0 Å². The third-order valence-electron chi connectivity index (χ3n) is 3.42. The Kier molecular flexibility index (Phi) is 2.59. The summed E-state index contributed by atoms with van der Waals surface area (Å²) in [4.78, 5) is 0. The quantitative estimate of drug-likeness (QED) is 0.852. The summed E-state index contributed by atoms with van der Waals surface area (Å²) in [5.74, 6) is 0.944. The first-order chi connectivity index (χ1) is 8.66. The van der Waals surface area contributed by atoms with Crippen molar-refractivity contribution >= 4 is 5.82 Å². The zero-order valence-electron chi connectivity index (χ0n) is 10.7. The zero-order valence-corrected chi connectivity index (χ0v) is 10.7. The molecule has 1 aliphatic rings. The second-order valence-corrected chi connectivity index (χ2v) is 5.03. The highest BCUT2D eigenvalue weighted by atomic mass is 16.5. The standard InChI is InChI=1S/C14H17N3O/c1-8(2)12-13(16-17-14(12)15)9-3-4-10-6-18-7-11(10)5-9/h3-5,8H,6-7H2,1-2H3,(H3,15,16,17). The van der Waals surface area contributed by atoms with E-state index in [4.69, 9.17) is 10.5 Å². The monoisotopic (exact) mass is 243 g/mol. The number of hydrogen-bond donors (Lipinski definition) is 2. The molecule has 0 fully saturated rings. The lowest BCUT2D eigenvalue weighted by atomic mass is 9.96. The molecule has 4 nitrogen and oxygen atoms in total. The molecule has 1 aliphatic heterocycles. The van der Waals surface area contributed by atoms with Gasteiger partial charge in [-0.3, -0.25) is 5.10 Å². The minimum atomic E-state index is 0.350. The summed E-state index contributed by atoms with van der Waals surface area (Å²) in [5, 5.41) is 7.18. The molecular formula is C14H17N3O. The number of hydrogen-bond acceptors (Lipinski definition) is 3. The van der Waals surface area contributed by atoms with Crippen LogP contribution >= 0.6 is 0 Å². The number of nitrogens with one attached hydrogen (secondary N) is 1. The van der Waals surface area contributed by atoms with E-state index in [0.717, 1.165) is 23.4 Å². The highest BCUT2D eigenvalue weighted by molar-refractivity contribution is 5.70. The fraction of sp³-hybridized carbons (Fsp3) is 0.357. The van der Waals surface area contributed by atoms with E-state index in [1.54, 1.807) is 0 Å². The summed E-state index contributed by atoms with van der Waals surface area (Å²) in [5.41, 5.74) is 11.7. The molecule has 0 atom stereocenters. The van der Waals surface area contributed by atoms with E-state index in [2.05, 4.69) is 42.2 Å².